The maximum absolute atomic E-state index is 13.9. The lowest BCUT2D eigenvalue weighted by Crippen LogP contribution is -2.41. The van der Waals surface area contributed by atoms with Crippen LogP contribution in [0.3, 0.4) is 0 Å². The number of hydrogen-bond acceptors (Lipinski definition) is 10. The Hall–Kier alpha value is -5.27. The molecule has 5 rings (SSSR count). The molecule has 44 heavy (non-hydrogen) atoms. The predicted octanol–water partition coefficient (Wildman–Crippen LogP) is 3.85. The second-order valence-corrected chi connectivity index (χ2v) is 10.6. The van der Waals surface area contributed by atoms with Crippen LogP contribution in [0.25, 0.3) is 0 Å². The summed E-state index contributed by atoms with van der Waals surface area (Å²) in [6.45, 7) is 5.08. The lowest BCUT2D eigenvalue weighted by Gasteiger charge is -2.29. The number of aromatic hydroxyl groups is 2. The van der Waals surface area contributed by atoms with Crippen LogP contribution >= 0.6 is 0 Å². The van der Waals surface area contributed by atoms with Crippen molar-refractivity contribution < 1.29 is 47.3 Å². The van der Waals surface area contributed by atoms with Crippen molar-refractivity contribution in [3.63, 3.8) is 0 Å². The number of halogens is 3. The van der Waals surface area contributed by atoms with Gasteiger partial charge in [0.05, 0.1) is 29.4 Å². The minimum atomic E-state index is -4.60. The molecule has 0 saturated carbocycles. The molecule has 0 amide bonds. The van der Waals surface area contributed by atoms with Crippen LogP contribution in [-0.4, -0.2) is 48.3 Å². The average molecular weight is 611 g/mol. The van der Waals surface area contributed by atoms with Crippen molar-refractivity contribution in [2.45, 2.75) is 52.4 Å². The van der Waals surface area contributed by atoms with E-state index >= 15 is 0 Å². The zero-order valence-electron chi connectivity index (χ0n) is 23.8. The van der Waals surface area contributed by atoms with Crippen molar-refractivity contribution in [3.05, 3.63) is 87.1 Å². The fraction of sp³-hybridized carbons (Fsp3) is 0.267. The highest BCUT2D eigenvalue weighted by Crippen LogP contribution is 2.57. The van der Waals surface area contributed by atoms with E-state index in [1.54, 1.807) is 0 Å². The first-order chi connectivity index (χ1) is 20.5. The second-order valence-electron chi connectivity index (χ2n) is 10.6. The topological polar surface area (TPSA) is 161 Å². The van der Waals surface area contributed by atoms with E-state index in [9.17, 15) is 42.6 Å². The number of nitrogens with one attached hydrogen (secondary N) is 1. The zero-order valence-corrected chi connectivity index (χ0v) is 23.8. The molecule has 2 aromatic carbocycles. The number of rotatable bonds is 7. The summed E-state index contributed by atoms with van der Waals surface area (Å²) in [5.74, 6) is -3.83. The number of alkyl halides is 3. The summed E-state index contributed by atoms with van der Waals surface area (Å²) in [6.07, 6.45) is -2.12. The number of carbonyl (C=O) groups is 4. The summed E-state index contributed by atoms with van der Waals surface area (Å²) in [5.41, 5.74) is -2.85. The molecule has 3 aromatic rings. The number of phenols is 2. The van der Waals surface area contributed by atoms with Gasteiger partial charge in [-0.1, -0.05) is 17.3 Å². The van der Waals surface area contributed by atoms with Gasteiger partial charge in [-0.2, -0.15) is 13.2 Å². The number of aromatic nitrogens is 3. The summed E-state index contributed by atoms with van der Waals surface area (Å²) in [7, 11) is 0. The molecule has 1 aromatic heterocycles. The first-order valence-electron chi connectivity index (χ1n) is 13.2. The summed E-state index contributed by atoms with van der Waals surface area (Å²) in [5, 5.41) is 32.1. The minimum Gasteiger partial charge on any atom is -0.507 e. The van der Waals surface area contributed by atoms with Crippen molar-refractivity contribution in [1.29, 1.82) is 0 Å². The van der Waals surface area contributed by atoms with Crippen molar-refractivity contribution in [3.8, 4) is 17.2 Å². The van der Waals surface area contributed by atoms with Crippen molar-refractivity contribution in [1.82, 2.24) is 20.3 Å². The Morgan fingerprint density at radius 2 is 1.84 bits per heavy atom. The standard InChI is InChI=1S/C30H25F3N4O7/c1-13-25(41)23(15(3)38)27-24(26(13)42)29(4)21(44-27)9-19(39)22(28(29)43)14(2)34-10-18-11-37(36-35-18)12-20(40)16-6-5-7-17(8-16)30(31,32)33/h5-9,11,34,41-42H,10,12H2,1-4H3/b22-14+. The van der Waals surface area contributed by atoms with Crippen molar-refractivity contribution in [2.75, 3.05) is 0 Å². The lowest BCUT2D eigenvalue weighted by atomic mass is 9.70. The Morgan fingerprint density at radius 1 is 1.14 bits per heavy atom. The average Bonchev–Trinajstić information content (AvgIpc) is 3.52. The molecule has 1 unspecified atom stereocenters. The molecule has 14 heteroatoms. The van der Waals surface area contributed by atoms with Crippen LogP contribution in [0, 0.1) is 6.92 Å². The van der Waals surface area contributed by atoms with E-state index < -0.39 is 51.8 Å². The fourth-order valence-corrected chi connectivity index (χ4v) is 5.28. The van der Waals surface area contributed by atoms with Gasteiger partial charge in [-0.25, -0.2) is 4.68 Å². The molecule has 11 nitrogen and oxygen atoms in total. The zero-order chi connectivity index (χ0) is 32.3. The normalized spacial score (nSPS) is 18.8. The Balaban J connectivity index is 1.37. The Kier molecular flexibility index (Phi) is 7.18. The molecule has 228 valence electrons. The number of nitrogens with zero attached hydrogens (tertiary/aromatic N) is 3. The number of benzene rings is 2. The number of allylic oxidation sites excluding steroid dienone is 4. The Bertz CT molecular complexity index is 1860. The van der Waals surface area contributed by atoms with Gasteiger partial charge in [-0.15, -0.1) is 5.10 Å². The molecule has 2 heterocycles. The van der Waals surface area contributed by atoms with Gasteiger partial charge in [0, 0.05) is 22.9 Å². The second kappa shape index (κ2) is 10.5. The van der Waals surface area contributed by atoms with Crippen LogP contribution in [0.2, 0.25) is 0 Å². The highest BCUT2D eigenvalue weighted by molar-refractivity contribution is 6.31. The highest BCUT2D eigenvalue weighted by atomic mass is 19.4. The Morgan fingerprint density at radius 3 is 2.50 bits per heavy atom. The third kappa shape index (κ3) is 4.81. The van der Waals surface area contributed by atoms with Gasteiger partial charge in [0.2, 0.25) is 0 Å². The number of fused-ring (bicyclic) bond motifs is 3. The molecule has 0 saturated heterocycles. The molecule has 0 radical (unpaired) electrons. The van der Waals surface area contributed by atoms with Gasteiger partial charge in [0.15, 0.2) is 23.1 Å². The van der Waals surface area contributed by atoms with Crippen LogP contribution in [-0.2, 0) is 34.3 Å². The molecule has 1 aliphatic carbocycles. The number of ketones is 4. The molecule has 2 aliphatic rings. The van der Waals surface area contributed by atoms with Crippen LogP contribution in [0.4, 0.5) is 13.2 Å². The van der Waals surface area contributed by atoms with Gasteiger partial charge < -0.3 is 20.3 Å². The molecular weight excluding hydrogens is 585 g/mol. The van der Waals surface area contributed by atoms with Crippen LogP contribution < -0.4 is 10.1 Å². The first kappa shape index (κ1) is 30.2. The molecule has 1 atom stereocenters. The number of hydrogen-bond donors (Lipinski definition) is 3. The first-order valence-corrected chi connectivity index (χ1v) is 13.2. The van der Waals surface area contributed by atoms with Crippen LogP contribution in [0.1, 0.15) is 63.9 Å². The van der Waals surface area contributed by atoms with E-state index in [1.165, 1.54) is 40.0 Å². The van der Waals surface area contributed by atoms with Gasteiger partial charge in [0.25, 0.3) is 0 Å². The monoisotopic (exact) mass is 610 g/mol. The third-order valence-electron chi connectivity index (χ3n) is 7.70. The van der Waals surface area contributed by atoms with E-state index in [1.807, 2.05) is 0 Å². The SMILES string of the molecule is CC(=O)c1c(O)c(C)c(O)c2c1OC1=CC(=O)/C(=C(/C)NCc3cn(CC(=O)c4cccc(C(F)(F)F)c4)nn3)C(=O)C12C. The molecule has 3 N–H and O–H groups in total. The molecule has 0 spiro atoms. The van der Waals surface area contributed by atoms with Gasteiger partial charge >= 0.3 is 6.18 Å². The van der Waals surface area contributed by atoms with Crippen LogP contribution in [0.15, 0.2) is 53.6 Å². The third-order valence-corrected chi connectivity index (χ3v) is 7.70. The van der Waals surface area contributed by atoms with E-state index in [0.717, 1.165) is 29.0 Å². The highest BCUT2D eigenvalue weighted by Gasteiger charge is 2.56. The molecule has 0 fully saturated rings. The molecule has 0 bridgehead atoms. The van der Waals surface area contributed by atoms with Gasteiger partial charge in [-0.3, -0.25) is 19.2 Å². The fourth-order valence-electron chi connectivity index (χ4n) is 5.28. The Labute approximate surface area is 247 Å². The maximum Gasteiger partial charge on any atom is 0.416 e. The summed E-state index contributed by atoms with van der Waals surface area (Å²) in [4.78, 5) is 51.9. The van der Waals surface area contributed by atoms with E-state index in [2.05, 4.69) is 15.6 Å². The summed E-state index contributed by atoms with van der Waals surface area (Å²) in [6, 6.07) is 4.03. The number of phenolic OH excluding ortho intramolecular Hbond substituents is 2. The predicted molar refractivity (Wildman–Crippen MR) is 146 cm³/mol. The van der Waals surface area contributed by atoms with E-state index in [4.69, 9.17) is 4.74 Å². The molecule has 1 aliphatic heterocycles. The number of Topliss-reactive ketones (excluding diaryl/α,β-unsaturated/α-hetero) is 3. The van der Waals surface area contributed by atoms with Gasteiger partial charge in [0.1, 0.15) is 46.2 Å². The summed E-state index contributed by atoms with van der Waals surface area (Å²) < 4.78 is 45.9. The quantitative estimate of drug-likeness (QED) is 0.204. The van der Waals surface area contributed by atoms with Crippen molar-refractivity contribution >= 4 is 23.1 Å². The largest absolute Gasteiger partial charge is 0.507 e. The van der Waals surface area contributed by atoms with Crippen molar-refractivity contribution in [2.24, 2.45) is 0 Å². The number of carbonyl (C=O) groups excluding carboxylic acids is 4. The van der Waals surface area contributed by atoms with E-state index in [0.29, 0.717) is 5.69 Å². The molecular formula is C30H25F3N4O7. The smallest absolute Gasteiger partial charge is 0.416 e. The minimum absolute atomic E-state index is 0.0280. The van der Waals surface area contributed by atoms with Gasteiger partial charge in [-0.05, 0) is 39.8 Å². The van der Waals surface area contributed by atoms with Crippen LogP contribution in [0.5, 0.6) is 17.2 Å². The van der Waals surface area contributed by atoms with E-state index in [-0.39, 0.29) is 58.1 Å². The lowest BCUT2D eigenvalue weighted by molar-refractivity contribution is -0.137. The number of ether oxygens (including phenoxy) is 1. The maximum atomic E-state index is 13.9. The summed E-state index contributed by atoms with van der Waals surface area (Å²) >= 11 is 0.